The standard InChI is InChI=1S/C20H19ClF2N4O2/c1-4-27-18(24-16-7-5-12(21)9-14(16)19(27)28)11(2)26(3)20(29)25-17-8-6-13(22)10-15(17)23/h5-11H,4H2,1-3H3,(H,25,29). The van der Waals surface area contributed by atoms with Crippen molar-refractivity contribution in [2.45, 2.75) is 26.4 Å². The minimum Gasteiger partial charge on any atom is -0.318 e. The molecule has 1 N–H and O–H groups in total. The van der Waals surface area contributed by atoms with Crippen molar-refractivity contribution in [1.82, 2.24) is 14.5 Å². The number of halogens is 3. The van der Waals surface area contributed by atoms with Crippen LogP contribution in [0.2, 0.25) is 5.02 Å². The van der Waals surface area contributed by atoms with E-state index >= 15 is 0 Å². The Labute approximate surface area is 170 Å². The fourth-order valence-electron chi connectivity index (χ4n) is 2.98. The minimum absolute atomic E-state index is 0.149. The molecule has 0 saturated heterocycles. The average Bonchev–Trinajstić information content (AvgIpc) is 2.69. The summed E-state index contributed by atoms with van der Waals surface area (Å²) in [6.07, 6.45) is 0. The molecular weight excluding hydrogens is 402 g/mol. The summed E-state index contributed by atoms with van der Waals surface area (Å²) < 4.78 is 28.4. The van der Waals surface area contributed by atoms with Crippen molar-refractivity contribution < 1.29 is 13.6 Å². The van der Waals surface area contributed by atoms with Gasteiger partial charge in [0.25, 0.3) is 5.56 Å². The van der Waals surface area contributed by atoms with Gasteiger partial charge in [0.05, 0.1) is 22.6 Å². The maximum Gasteiger partial charge on any atom is 0.322 e. The topological polar surface area (TPSA) is 67.2 Å². The quantitative estimate of drug-likeness (QED) is 0.672. The largest absolute Gasteiger partial charge is 0.322 e. The van der Waals surface area contributed by atoms with Gasteiger partial charge in [-0.05, 0) is 44.2 Å². The lowest BCUT2D eigenvalue weighted by Crippen LogP contribution is -2.37. The van der Waals surface area contributed by atoms with E-state index in [9.17, 15) is 18.4 Å². The third-order valence-electron chi connectivity index (χ3n) is 4.71. The molecule has 2 aromatic carbocycles. The molecule has 0 spiro atoms. The summed E-state index contributed by atoms with van der Waals surface area (Å²) in [6, 6.07) is 6.47. The van der Waals surface area contributed by atoms with Crippen molar-refractivity contribution in [3.05, 3.63) is 69.2 Å². The number of nitrogens with zero attached hydrogens (tertiary/aromatic N) is 3. The first kappa shape index (κ1) is 20.7. The smallest absolute Gasteiger partial charge is 0.318 e. The van der Waals surface area contributed by atoms with Crippen LogP contribution >= 0.6 is 11.6 Å². The lowest BCUT2D eigenvalue weighted by Gasteiger charge is -2.27. The van der Waals surface area contributed by atoms with Gasteiger partial charge in [0.15, 0.2) is 0 Å². The SMILES string of the molecule is CCn1c(C(C)N(C)C(=O)Nc2ccc(F)cc2F)nc2ccc(Cl)cc2c1=O. The number of urea groups is 1. The molecule has 0 bridgehead atoms. The first-order valence-corrected chi connectivity index (χ1v) is 9.29. The molecule has 152 valence electrons. The number of aromatic nitrogens is 2. The van der Waals surface area contributed by atoms with E-state index in [2.05, 4.69) is 10.3 Å². The number of carbonyl (C=O) groups is 1. The predicted molar refractivity (Wildman–Crippen MR) is 108 cm³/mol. The second-order valence-electron chi connectivity index (χ2n) is 6.52. The van der Waals surface area contributed by atoms with Crippen molar-refractivity contribution in [1.29, 1.82) is 0 Å². The number of anilines is 1. The zero-order valence-corrected chi connectivity index (χ0v) is 16.8. The average molecular weight is 421 g/mol. The molecule has 3 rings (SSSR count). The first-order valence-electron chi connectivity index (χ1n) is 8.91. The van der Waals surface area contributed by atoms with Crippen molar-refractivity contribution >= 4 is 34.2 Å². The predicted octanol–water partition coefficient (Wildman–Crippen LogP) is 4.57. The van der Waals surface area contributed by atoms with Crippen molar-refractivity contribution in [2.75, 3.05) is 12.4 Å². The van der Waals surface area contributed by atoms with Crippen LogP contribution in [-0.4, -0.2) is 27.5 Å². The van der Waals surface area contributed by atoms with Gasteiger partial charge < -0.3 is 10.2 Å². The molecule has 0 fully saturated rings. The van der Waals surface area contributed by atoms with Crippen molar-refractivity contribution in [3.63, 3.8) is 0 Å². The van der Waals surface area contributed by atoms with E-state index in [0.717, 1.165) is 12.1 Å². The highest BCUT2D eigenvalue weighted by molar-refractivity contribution is 6.31. The molecule has 29 heavy (non-hydrogen) atoms. The van der Waals surface area contributed by atoms with E-state index in [4.69, 9.17) is 11.6 Å². The van der Waals surface area contributed by atoms with Crippen molar-refractivity contribution in [3.8, 4) is 0 Å². The number of nitrogens with one attached hydrogen (secondary N) is 1. The molecule has 3 aromatic rings. The number of hydrogen-bond donors (Lipinski definition) is 1. The van der Waals surface area contributed by atoms with Gasteiger partial charge in [-0.25, -0.2) is 18.6 Å². The second-order valence-corrected chi connectivity index (χ2v) is 6.96. The molecule has 1 heterocycles. The summed E-state index contributed by atoms with van der Waals surface area (Å²) in [5.74, 6) is -1.25. The van der Waals surface area contributed by atoms with Gasteiger partial charge in [0.2, 0.25) is 0 Å². The van der Waals surface area contributed by atoms with E-state index in [1.54, 1.807) is 32.0 Å². The van der Waals surface area contributed by atoms with Gasteiger partial charge in [-0.1, -0.05) is 11.6 Å². The van der Waals surface area contributed by atoms with Crippen LogP contribution in [0.15, 0.2) is 41.2 Å². The highest BCUT2D eigenvalue weighted by Gasteiger charge is 2.23. The van der Waals surface area contributed by atoms with E-state index in [1.807, 2.05) is 0 Å². The number of hydrogen-bond acceptors (Lipinski definition) is 3. The molecular formula is C20H19ClF2N4O2. The molecule has 0 aliphatic heterocycles. The van der Waals surface area contributed by atoms with Gasteiger partial charge in [0, 0.05) is 24.7 Å². The van der Waals surface area contributed by atoms with Crippen molar-refractivity contribution in [2.24, 2.45) is 0 Å². The van der Waals surface area contributed by atoms with E-state index in [-0.39, 0.29) is 11.2 Å². The number of fused-ring (bicyclic) bond motifs is 1. The maximum absolute atomic E-state index is 13.8. The number of amides is 2. The molecule has 9 heteroatoms. The van der Waals surface area contributed by atoms with Crippen LogP contribution in [0.4, 0.5) is 19.3 Å². The van der Waals surface area contributed by atoms with E-state index in [1.165, 1.54) is 16.5 Å². The molecule has 1 unspecified atom stereocenters. The van der Waals surface area contributed by atoms with Crippen LogP contribution in [0.1, 0.15) is 25.7 Å². The van der Waals surface area contributed by atoms with Gasteiger partial charge in [-0.2, -0.15) is 0 Å². The van der Waals surface area contributed by atoms with Crippen LogP contribution in [0.5, 0.6) is 0 Å². The van der Waals surface area contributed by atoms with Gasteiger partial charge in [0.1, 0.15) is 17.5 Å². The van der Waals surface area contributed by atoms with E-state index in [0.29, 0.717) is 34.4 Å². The van der Waals surface area contributed by atoms with Gasteiger partial charge >= 0.3 is 6.03 Å². The minimum atomic E-state index is -0.884. The molecule has 1 aromatic heterocycles. The lowest BCUT2D eigenvalue weighted by atomic mass is 10.2. The van der Waals surface area contributed by atoms with Crippen LogP contribution in [0.25, 0.3) is 10.9 Å². The third-order valence-corrected chi connectivity index (χ3v) is 4.94. The van der Waals surface area contributed by atoms with E-state index < -0.39 is 23.7 Å². The molecule has 0 aliphatic rings. The monoisotopic (exact) mass is 420 g/mol. The lowest BCUT2D eigenvalue weighted by molar-refractivity contribution is 0.204. The van der Waals surface area contributed by atoms with Crippen LogP contribution in [0.3, 0.4) is 0 Å². The Bertz CT molecular complexity index is 1150. The second kappa shape index (κ2) is 8.16. The summed E-state index contributed by atoms with van der Waals surface area (Å²) in [7, 11) is 1.50. The Kier molecular flexibility index (Phi) is 5.83. The normalized spacial score (nSPS) is 12.1. The van der Waals surface area contributed by atoms with Crippen LogP contribution < -0.4 is 10.9 Å². The Morgan fingerprint density at radius 3 is 2.66 bits per heavy atom. The summed E-state index contributed by atoms with van der Waals surface area (Å²) in [5, 5.41) is 3.21. The third kappa shape index (κ3) is 4.07. The summed E-state index contributed by atoms with van der Waals surface area (Å²) in [5.41, 5.74) is 0.0500. The molecule has 6 nitrogen and oxygen atoms in total. The molecule has 0 saturated carbocycles. The molecule has 0 radical (unpaired) electrons. The highest BCUT2D eigenvalue weighted by atomic mass is 35.5. The van der Waals surface area contributed by atoms with Gasteiger partial charge in [-0.15, -0.1) is 0 Å². The number of carbonyl (C=O) groups excluding carboxylic acids is 1. The highest BCUT2D eigenvalue weighted by Crippen LogP contribution is 2.22. The Morgan fingerprint density at radius 1 is 1.28 bits per heavy atom. The number of rotatable bonds is 4. The zero-order valence-electron chi connectivity index (χ0n) is 16.0. The fourth-order valence-corrected chi connectivity index (χ4v) is 3.15. The van der Waals surface area contributed by atoms with Gasteiger partial charge in [-0.3, -0.25) is 9.36 Å². The molecule has 0 aliphatic carbocycles. The maximum atomic E-state index is 13.8. The zero-order chi connectivity index (χ0) is 21.3. The Balaban J connectivity index is 1.95. The summed E-state index contributed by atoms with van der Waals surface area (Å²) in [6.45, 7) is 3.84. The Morgan fingerprint density at radius 2 is 2.00 bits per heavy atom. The fraction of sp³-hybridized carbons (Fsp3) is 0.250. The first-order chi connectivity index (χ1) is 13.7. The van der Waals surface area contributed by atoms with Crippen LogP contribution in [0, 0.1) is 11.6 Å². The summed E-state index contributed by atoms with van der Waals surface area (Å²) in [4.78, 5) is 31.3. The summed E-state index contributed by atoms with van der Waals surface area (Å²) >= 11 is 5.99. The molecule has 1 atom stereocenters. The Hall–Kier alpha value is -3.00. The molecule has 2 amide bonds. The van der Waals surface area contributed by atoms with Crippen LogP contribution in [-0.2, 0) is 6.54 Å². The number of benzene rings is 2.